The number of hydrogen-bond acceptors (Lipinski definition) is 4. The minimum absolute atomic E-state index is 0.186. The highest BCUT2D eigenvalue weighted by Crippen LogP contribution is 2.21. The molecule has 0 amide bonds. The number of sulfonamides is 1. The van der Waals surface area contributed by atoms with Gasteiger partial charge in [0.2, 0.25) is 10.0 Å². The Hall–Kier alpha value is -0.170. The lowest BCUT2D eigenvalue weighted by atomic mass is 9.92. The first kappa shape index (κ1) is 19.2. The van der Waals surface area contributed by atoms with Crippen molar-refractivity contribution in [3.8, 4) is 0 Å². The highest BCUT2D eigenvalue weighted by Gasteiger charge is 2.29. The van der Waals surface area contributed by atoms with Gasteiger partial charge in [-0.15, -0.1) is 0 Å². The van der Waals surface area contributed by atoms with Crippen molar-refractivity contribution in [3.63, 3.8) is 0 Å². The molecule has 0 aromatic carbocycles. The molecule has 2 atom stereocenters. The first-order valence-corrected chi connectivity index (χ1v) is 10.8. The Morgan fingerprint density at radius 2 is 1.52 bits per heavy atom. The van der Waals surface area contributed by atoms with E-state index in [-0.39, 0.29) is 11.8 Å². The molecule has 23 heavy (non-hydrogen) atoms. The minimum Gasteiger partial charge on any atom is -0.302 e. The number of hydrogen-bond donors (Lipinski definition) is 0. The van der Waals surface area contributed by atoms with Crippen molar-refractivity contribution < 1.29 is 8.42 Å². The van der Waals surface area contributed by atoms with Crippen molar-refractivity contribution in [3.05, 3.63) is 0 Å². The van der Waals surface area contributed by atoms with Gasteiger partial charge >= 0.3 is 0 Å². The van der Waals surface area contributed by atoms with Crippen molar-refractivity contribution >= 4 is 10.0 Å². The molecule has 0 saturated carbocycles. The van der Waals surface area contributed by atoms with Gasteiger partial charge < -0.3 is 9.80 Å². The molecule has 6 heteroatoms. The molecule has 2 aliphatic heterocycles. The predicted molar refractivity (Wildman–Crippen MR) is 96.1 cm³/mol. The van der Waals surface area contributed by atoms with E-state index in [1.165, 1.54) is 19.5 Å². The molecule has 0 aromatic rings. The van der Waals surface area contributed by atoms with Crippen molar-refractivity contribution in [1.29, 1.82) is 0 Å². The fourth-order valence-electron chi connectivity index (χ4n) is 4.19. The third-order valence-corrected chi connectivity index (χ3v) is 7.46. The van der Waals surface area contributed by atoms with Gasteiger partial charge in [0.25, 0.3) is 0 Å². The van der Waals surface area contributed by atoms with Crippen LogP contribution in [0.4, 0.5) is 0 Å². The molecule has 0 unspecified atom stereocenters. The minimum atomic E-state index is -3.05. The van der Waals surface area contributed by atoms with E-state index >= 15 is 0 Å². The van der Waals surface area contributed by atoms with Crippen LogP contribution in [0.25, 0.3) is 0 Å². The van der Waals surface area contributed by atoms with Gasteiger partial charge in [0.15, 0.2) is 0 Å². The average molecular weight is 346 g/mol. The van der Waals surface area contributed by atoms with Gasteiger partial charge in [-0.05, 0) is 51.1 Å². The summed E-state index contributed by atoms with van der Waals surface area (Å²) in [5, 5.41) is 0. The van der Waals surface area contributed by atoms with Crippen molar-refractivity contribution in [2.45, 2.75) is 46.1 Å². The van der Waals surface area contributed by atoms with Gasteiger partial charge in [-0.2, -0.15) is 0 Å². The summed E-state index contributed by atoms with van der Waals surface area (Å²) in [6.07, 6.45) is 3.28. The second kappa shape index (κ2) is 8.28. The molecule has 0 aromatic heterocycles. The lowest BCUT2D eigenvalue weighted by Crippen LogP contribution is -2.48. The molecule has 0 bridgehead atoms. The fourth-order valence-corrected chi connectivity index (χ4v) is 5.27. The van der Waals surface area contributed by atoms with Crippen LogP contribution >= 0.6 is 0 Å². The van der Waals surface area contributed by atoms with Gasteiger partial charge in [-0.25, -0.2) is 12.7 Å². The molecule has 2 fully saturated rings. The highest BCUT2D eigenvalue weighted by atomic mass is 32.2. The normalized spacial score (nSPS) is 29.3. The van der Waals surface area contributed by atoms with E-state index in [0.717, 1.165) is 50.9 Å². The van der Waals surface area contributed by atoms with Crippen molar-refractivity contribution in [1.82, 2.24) is 14.1 Å². The Balaban J connectivity index is 1.73. The molecular formula is C17H35N3O2S. The second-order valence-electron chi connectivity index (χ2n) is 7.70. The predicted octanol–water partition coefficient (Wildman–Crippen LogP) is 1.71. The van der Waals surface area contributed by atoms with Gasteiger partial charge in [-0.1, -0.05) is 13.8 Å². The van der Waals surface area contributed by atoms with Crippen LogP contribution in [0.2, 0.25) is 0 Å². The summed E-state index contributed by atoms with van der Waals surface area (Å²) in [6.45, 7) is 13.2. The number of nitrogens with zero attached hydrogens (tertiary/aromatic N) is 3. The summed E-state index contributed by atoms with van der Waals surface area (Å²) in [6, 6.07) is 0.186. The standard InChI is InChI=1S/C17H35N3O2S/c1-5-23(21,22)18(4)17-6-8-19(9-7-17)10-11-20-13-15(2)12-16(3)14-20/h15-17H,5-14H2,1-4H3/t15-,16-/m1/s1. The van der Waals surface area contributed by atoms with E-state index in [0.29, 0.717) is 0 Å². The van der Waals surface area contributed by atoms with Gasteiger partial charge in [0, 0.05) is 39.3 Å². The SMILES string of the molecule is CCS(=O)(=O)N(C)C1CCN(CCN2C[C@H](C)C[C@@H](C)C2)CC1. The largest absolute Gasteiger partial charge is 0.302 e. The zero-order chi connectivity index (χ0) is 17.0. The lowest BCUT2D eigenvalue weighted by molar-refractivity contribution is 0.107. The molecule has 0 radical (unpaired) electrons. The molecule has 2 aliphatic rings. The zero-order valence-corrected chi connectivity index (χ0v) is 16.2. The van der Waals surface area contributed by atoms with Crippen LogP contribution in [0.5, 0.6) is 0 Å². The Morgan fingerprint density at radius 3 is 2.04 bits per heavy atom. The van der Waals surface area contributed by atoms with Gasteiger partial charge in [0.1, 0.15) is 0 Å². The summed E-state index contributed by atoms with van der Waals surface area (Å²) >= 11 is 0. The summed E-state index contributed by atoms with van der Waals surface area (Å²) < 4.78 is 25.6. The monoisotopic (exact) mass is 345 g/mol. The first-order chi connectivity index (χ1) is 10.8. The molecular weight excluding hydrogens is 310 g/mol. The molecule has 5 nitrogen and oxygen atoms in total. The molecule has 2 saturated heterocycles. The summed E-state index contributed by atoms with van der Waals surface area (Å²) in [7, 11) is -1.30. The summed E-state index contributed by atoms with van der Waals surface area (Å²) in [4.78, 5) is 5.12. The smallest absolute Gasteiger partial charge is 0.213 e. The van der Waals surface area contributed by atoms with Crippen LogP contribution < -0.4 is 0 Å². The molecule has 2 heterocycles. The van der Waals surface area contributed by atoms with Crippen LogP contribution in [0.3, 0.4) is 0 Å². The Labute approximate surface area is 143 Å². The van der Waals surface area contributed by atoms with E-state index in [1.54, 1.807) is 18.3 Å². The van der Waals surface area contributed by atoms with Gasteiger partial charge in [-0.3, -0.25) is 0 Å². The summed E-state index contributed by atoms with van der Waals surface area (Å²) in [5.41, 5.74) is 0. The molecule has 136 valence electrons. The third kappa shape index (κ3) is 5.41. The zero-order valence-electron chi connectivity index (χ0n) is 15.4. The quantitative estimate of drug-likeness (QED) is 0.735. The van der Waals surface area contributed by atoms with Crippen molar-refractivity contribution in [2.24, 2.45) is 11.8 Å². The number of likely N-dealkylation sites (tertiary alicyclic amines) is 2. The van der Waals surface area contributed by atoms with E-state index in [4.69, 9.17) is 0 Å². The van der Waals surface area contributed by atoms with E-state index in [2.05, 4.69) is 23.6 Å². The molecule has 0 spiro atoms. The van der Waals surface area contributed by atoms with Crippen LogP contribution in [-0.4, -0.2) is 80.6 Å². The van der Waals surface area contributed by atoms with Crippen molar-refractivity contribution in [2.75, 3.05) is 52.1 Å². The average Bonchev–Trinajstić information content (AvgIpc) is 2.52. The lowest BCUT2D eigenvalue weighted by Gasteiger charge is -2.39. The Kier molecular flexibility index (Phi) is 6.89. The number of rotatable bonds is 6. The van der Waals surface area contributed by atoms with Crippen LogP contribution in [-0.2, 0) is 10.0 Å². The number of piperidine rings is 2. The Morgan fingerprint density at radius 1 is 1.00 bits per heavy atom. The Bertz CT molecular complexity index is 450. The van der Waals surface area contributed by atoms with Crippen LogP contribution in [0, 0.1) is 11.8 Å². The van der Waals surface area contributed by atoms with Crippen LogP contribution in [0.1, 0.15) is 40.0 Å². The van der Waals surface area contributed by atoms with E-state index < -0.39 is 10.0 Å². The van der Waals surface area contributed by atoms with Gasteiger partial charge in [0.05, 0.1) is 5.75 Å². The highest BCUT2D eigenvalue weighted by molar-refractivity contribution is 7.89. The maximum Gasteiger partial charge on any atom is 0.213 e. The fraction of sp³-hybridized carbons (Fsp3) is 1.00. The molecule has 0 aliphatic carbocycles. The first-order valence-electron chi connectivity index (χ1n) is 9.22. The topological polar surface area (TPSA) is 43.9 Å². The second-order valence-corrected chi connectivity index (χ2v) is 10.0. The maximum atomic E-state index is 12.0. The maximum absolute atomic E-state index is 12.0. The summed E-state index contributed by atoms with van der Waals surface area (Å²) in [5.74, 6) is 1.84. The third-order valence-electron chi connectivity index (χ3n) is 5.55. The van der Waals surface area contributed by atoms with E-state index in [1.807, 2.05) is 0 Å². The van der Waals surface area contributed by atoms with E-state index in [9.17, 15) is 8.42 Å². The molecule has 2 rings (SSSR count). The van der Waals surface area contributed by atoms with Crippen LogP contribution in [0.15, 0.2) is 0 Å². The molecule has 0 N–H and O–H groups in total.